The first-order valence-corrected chi connectivity index (χ1v) is 9.34. The number of amides is 3. The molecule has 1 heterocycles. The molecule has 1 aliphatic carbocycles. The molecule has 0 bridgehead atoms. The molecule has 3 amide bonds. The van der Waals surface area contributed by atoms with Crippen molar-refractivity contribution in [3.05, 3.63) is 0 Å². The summed E-state index contributed by atoms with van der Waals surface area (Å²) in [6.07, 6.45) is 3.94. The number of nitrogens with zero attached hydrogens (tertiary/aromatic N) is 2. The SMILES string of the molecule is COCCCNC(=O)C1CCC(C(=O)N2CCN(C(C)=O)CC2)CC1. The lowest BCUT2D eigenvalue weighted by Gasteiger charge is -2.37. The molecule has 142 valence electrons. The molecule has 7 heteroatoms. The second-order valence-corrected chi connectivity index (χ2v) is 7.02. The highest BCUT2D eigenvalue weighted by molar-refractivity contribution is 5.81. The number of nitrogens with one attached hydrogen (secondary N) is 1. The summed E-state index contributed by atoms with van der Waals surface area (Å²) in [6.45, 7) is 5.36. The van der Waals surface area contributed by atoms with Crippen molar-refractivity contribution in [1.82, 2.24) is 15.1 Å². The van der Waals surface area contributed by atoms with E-state index in [9.17, 15) is 14.4 Å². The minimum Gasteiger partial charge on any atom is -0.385 e. The van der Waals surface area contributed by atoms with E-state index in [0.717, 1.165) is 32.1 Å². The summed E-state index contributed by atoms with van der Waals surface area (Å²) >= 11 is 0. The van der Waals surface area contributed by atoms with Crippen LogP contribution in [0.15, 0.2) is 0 Å². The Morgan fingerprint density at radius 3 is 2.08 bits per heavy atom. The van der Waals surface area contributed by atoms with E-state index in [1.807, 2.05) is 4.90 Å². The third-order valence-corrected chi connectivity index (χ3v) is 5.31. The average Bonchev–Trinajstić information content (AvgIpc) is 2.64. The Morgan fingerprint density at radius 1 is 0.960 bits per heavy atom. The zero-order valence-electron chi connectivity index (χ0n) is 15.5. The van der Waals surface area contributed by atoms with E-state index in [0.29, 0.717) is 39.3 Å². The molecular formula is C18H31N3O4. The van der Waals surface area contributed by atoms with Crippen LogP contribution in [0.1, 0.15) is 39.0 Å². The van der Waals surface area contributed by atoms with Crippen molar-refractivity contribution < 1.29 is 19.1 Å². The summed E-state index contributed by atoms with van der Waals surface area (Å²) in [5, 5.41) is 2.96. The first kappa shape index (κ1) is 19.7. The third kappa shape index (κ3) is 5.70. The minimum atomic E-state index is 0.0288. The molecule has 0 radical (unpaired) electrons. The van der Waals surface area contributed by atoms with Crippen molar-refractivity contribution >= 4 is 17.7 Å². The maximum absolute atomic E-state index is 12.7. The van der Waals surface area contributed by atoms with E-state index >= 15 is 0 Å². The molecule has 1 saturated carbocycles. The van der Waals surface area contributed by atoms with Gasteiger partial charge in [0.15, 0.2) is 0 Å². The Balaban J connectivity index is 1.70. The van der Waals surface area contributed by atoms with Crippen molar-refractivity contribution in [1.29, 1.82) is 0 Å². The van der Waals surface area contributed by atoms with E-state index < -0.39 is 0 Å². The summed E-state index contributed by atoms with van der Waals surface area (Å²) < 4.78 is 4.97. The van der Waals surface area contributed by atoms with E-state index in [1.165, 1.54) is 0 Å². The molecule has 0 atom stereocenters. The lowest BCUT2D eigenvalue weighted by Crippen LogP contribution is -2.51. The van der Waals surface area contributed by atoms with Gasteiger partial charge in [-0.1, -0.05) is 0 Å². The van der Waals surface area contributed by atoms with Gasteiger partial charge < -0.3 is 19.9 Å². The second-order valence-electron chi connectivity index (χ2n) is 7.02. The predicted octanol–water partition coefficient (Wildman–Crippen LogP) is 0.636. The van der Waals surface area contributed by atoms with Crippen LogP contribution in [0.3, 0.4) is 0 Å². The van der Waals surface area contributed by atoms with E-state index in [2.05, 4.69) is 5.32 Å². The normalized spacial score (nSPS) is 24.1. The van der Waals surface area contributed by atoms with Gasteiger partial charge in [-0.05, 0) is 32.1 Å². The number of carbonyl (C=O) groups is 3. The quantitative estimate of drug-likeness (QED) is 0.711. The van der Waals surface area contributed by atoms with E-state index in [4.69, 9.17) is 4.74 Å². The smallest absolute Gasteiger partial charge is 0.225 e. The van der Waals surface area contributed by atoms with Crippen LogP contribution in [0.25, 0.3) is 0 Å². The topological polar surface area (TPSA) is 79.0 Å². The monoisotopic (exact) mass is 353 g/mol. The average molecular weight is 353 g/mol. The van der Waals surface area contributed by atoms with Crippen molar-refractivity contribution in [2.75, 3.05) is 46.4 Å². The van der Waals surface area contributed by atoms with Gasteiger partial charge in [-0.3, -0.25) is 14.4 Å². The number of carbonyl (C=O) groups excluding carboxylic acids is 3. The van der Waals surface area contributed by atoms with Gasteiger partial charge in [0.2, 0.25) is 17.7 Å². The van der Waals surface area contributed by atoms with Gasteiger partial charge in [-0.2, -0.15) is 0 Å². The maximum Gasteiger partial charge on any atom is 0.225 e. The number of rotatable bonds is 6. The number of methoxy groups -OCH3 is 1. The number of piperazine rings is 1. The fourth-order valence-corrected chi connectivity index (χ4v) is 3.67. The lowest BCUT2D eigenvalue weighted by atomic mass is 9.81. The van der Waals surface area contributed by atoms with Gasteiger partial charge in [-0.25, -0.2) is 0 Å². The molecule has 0 spiro atoms. The van der Waals surface area contributed by atoms with Crippen LogP contribution in [0, 0.1) is 11.8 Å². The molecule has 0 unspecified atom stereocenters. The second kappa shape index (κ2) is 9.75. The van der Waals surface area contributed by atoms with Crippen molar-refractivity contribution in [3.8, 4) is 0 Å². The highest BCUT2D eigenvalue weighted by Crippen LogP contribution is 2.30. The number of hydrogen-bond acceptors (Lipinski definition) is 4. The minimum absolute atomic E-state index is 0.0288. The van der Waals surface area contributed by atoms with Crippen LogP contribution >= 0.6 is 0 Å². The Morgan fingerprint density at radius 2 is 1.52 bits per heavy atom. The largest absolute Gasteiger partial charge is 0.385 e. The van der Waals surface area contributed by atoms with Crippen LogP contribution in [0.4, 0.5) is 0 Å². The van der Waals surface area contributed by atoms with Crippen molar-refractivity contribution in [3.63, 3.8) is 0 Å². The fourth-order valence-electron chi connectivity index (χ4n) is 3.67. The predicted molar refractivity (Wildman–Crippen MR) is 93.8 cm³/mol. The van der Waals surface area contributed by atoms with Crippen LogP contribution in [-0.2, 0) is 19.1 Å². The van der Waals surface area contributed by atoms with Crippen LogP contribution in [-0.4, -0.2) is 74.0 Å². The molecule has 2 aliphatic rings. The molecule has 0 aromatic rings. The summed E-state index contributed by atoms with van der Waals surface area (Å²) in [6, 6.07) is 0. The van der Waals surface area contributed by atoms with Crippen LogP contribution < -0.4 is 5.32 Å². The van der Waals surface area contributed by atoms with Gasteiger partial charge in [0.05, 0.1) is 0 Å². The molecule has 25 heavy (non-hydrogen) atoms. The number of hydrogen-bond donors (Lipinski definition) is 1. The molecule has 1 N–H and O–H groups in total. The van der Waals surface area contributed by atoms with E-state index in [1.54, 1.807) is 18.9 Å². The summed E-state index contributed by atoms with van der Waals surface area (Å²) in [4.78, 5) is 39.8. The maximum atomic E-state index is 12.7. The zero-order chi connectivity index (χ0) is 18.2. The highest BCUT2D eigenvalue weighted by atomic mass is 16.5. The Kier molecular flexibility index (Phi) is 7.68. The summed E-state index contributed by atoms with van der Waals surface area (Å²) in [5.41, 5.74) is 0. The third-order valence-electron chi connectivity index (χ3n) is 5.31. The van der Waals surface area contributed by atoms with E-state index in [-0.39, 0.29) is 29.6 Å². The first-order chi connectivity index (χ1) is 12.0. The van der Waals surface area contributed by atoms with Crippen LogP contribution in [0.2, 0.25) is 0 Å². The van der Waals surface area contributed by atoms with Gasteiger partial charge >= 0.3 is 0 Å². The Hall–Kier alpha value is -1.63. The van der Waals surface area contributed by atoms with Gasteiger partial charge in [0, 0.05) is 65.2 Å². The van der Waals surface area contributed by atoms with Gasteiger partial charge in [0.25, 0.3) is 0 Å². The fraction of sp³-hybridized carbons (Fsp3) is 0.833. The molecule has 1 aliphatic heterocycles. The zero-order valence-corrected chi connectivity index (χ0v) is 15.5. The first-order valence-electron chi connectivity index (χ1n) is 9.34. The highest BCUT2D eigenvalue weighted by Gasteiger charge is 2.33. The molecule has 7 nitrogen and oxygen atoms in total. The summed E-state index contributed by atoms with van der Waals surface area (Å²) in [5.74, 6) is 0.436. The molecule has 2 fully saturated rings. The molecule has 2 rings (SSSR count). The molecule has 0 aromatic carbocycles. The lowest BCUT2D eigenvalue weighted by molar-refractivity contribution is -0.143. The summed E-state index contributed by atoms with van der Waals surface area (Å²) in [7, 11) is 1.65. The molecular weight excluding hydrogens is 322 g/mol. The number of ether oxygens (including phenoxy) is 1. The molecule has 0 aromatic heterocycles. The van der Waals surface area contributed by atoms with Gasteiger partial charge in [0.1, 0.15) is 0 Å². The molecule has 1 saturated heterocycles. The van der Waals surface area contributed by atoms with Crippen LogP contribution in [0.5, 0.6) is 0 Å². The Bertz CT molecular complexity index is 467. The standard InChI is InChI=1S/C18H31N3O4/c1-14(22)20-9-11-21(12-10-20)18(24)16-6-4-15(5-7-16)17(23)19-8-3-13-25-2/h15-16H,3-13H2,1-2H3,(H,19,23). The van der Waals surface area contributed by atoms with Crippen molar-refractivity contribution in [2.24, 2.45) is 11.8 Å². The van der Waals surface area contributed by atoms with Gasteiger partial charge in [-0.15, -0.1) is 0 Å². The van der Waals surface area contributed by atoms with Crippen molar-refractivity contribution in [2.45, 2.75) is 39.0 Å². The Labute approximate surface area is 150 Å².